The minimum Gasteiger partial charge on any atom is -0.432 e. The van der Waals surface area contributed by atoms with Gasteiger partial charge in [0.25, 0.3) is 0 Å². The summed E-state index contributed by atoms with van der Waals surface area (Å²) in [6, 6.07) is 5.36. The van der Waals surface area contributed by atoms with Gasteiger partial charge in [-0.2, -0.15) is 8.78 Å². The molecule has 2 aromatic carbocycles. The molecule has 10 heteroatoms. The molecule has 0 aliphatic heterocycles. The third kappa shape index (κ3) is 3.30. The maximum absolute atomic E-state index is 14.1. The first-order chi connectivity index (χ1) is 11.7. The lowest BCUT2D eigenvalue weighted by molar-refractivity contribution is -0.0523. The van der Waals surface area contributed by atoms with Crippen molar-refractivity contribution in [2.45, 2.75) is 11.5 Å². The van der Waals surface area contributed by atoms with Gasteiger partial charge < -0.3 is 9.72 Å². The van der Waals surface area contributed by atoms with Crippen LogP contribution in [0.15, 0.2) is 41.4 Å². The van der Waals surface area contributed by atoms with Crippen LogP contribution in [0, 0.1) is 11.6 Å². The van der Waals surface area contributed by atoms with Crippen LogP contribution < -0.4 is 9.88 Å². The maximum atomic E-state index is 14.1. The summed E-state index contributed by atoms with van der Waals surface area (Å²) in [5, 5.41) is 5.37. The number of sulfonamides is 1. The number of halogens is 4. The highest BCUT2D eigenvalue weighted by atomic mass is 32.2. The van der Waals surface area contributed by atoms with Crippen LogP contribution in [0.25, 0.3) is 22.0 Å². The van der Waals surface area contributed by atoms with E-state index in [1.165, 1.54) is 24.4 Å². The first kappa shape index (κ1) is 17.2. The van der Waals surface area contributed by atoms with E-state index in [4.69, 9.17) is 5.14 Å². The van der Waals surface area contributed by atoms with Gasteiger partial charge >= 0.3 is 6.61 Å². The molecule has 25 heavy (non-hydrogen) atoms. The van der Waals surface area contributed by atoms with E-state index in [0.29, 0.717) is 11.6 Å². The van der Waals surface area contributed by atoms with E-state index in [9.17, 15) is 26.0 Å². The molecule has 1 aromatic heterocycles. The average Bonchev–Trinajstić information content (AvgIpc) is 2.93. The molecule has 0 atom stereocenters. The quantitative estimate of drug-likeness (QED) is 0.687. The molecule has 0 radical (unpaired) electrons. The molecule has 0 saturated carbocycles. The SMILES string of the molecule is NS(=O)(=O)c1c[nH]c2cc(-c3cc(F)c(OC(F)F)cc3F)ccc12. The van der Waals surface area contributed by atoms with Crippen molar-refractivity contribution in [3.8, 4) is 16.9 Å². The predicted octanol–water partition coefficient (Wildman–Crippen LogP) is 3.36. The number of H-pyrrole nitrogens is 1. The Hall–Kier alpha value is -2.59. The molecule has 0 aliphatic carbocycles. The number of nitrogens with two attached hydrogens (primary N) is 1. The number of aromatic amines is 1. The van der Waals surface area contributed by atoms with Crippen molar-refractivity contribution < 1.29 is 30.7 Å². The molecule has 1 heterocycles. The topological polar surface area (TPSA) is 85.2 Å². The molecular formula is C15H10F4N2O3S. The maximum Gasteiger partial charge on any atom is 0.387 e. The minimum atomic E-state index is -3.95. The van der Waals surface area contributed by atoms with E-state index in [1.54, 1.807) is 0 Å². The number of aromatic nitrogens is 1. The zero-order valence-electron chi connectivity index (χ0n) is 12.3. The van der Waals surface area contributed by atoms with Gasteiger partial charge in [0.1, 0.15) is 10.7 Å². The average molecular weight is 374 g/mol. The van der Waals surface area contributed by atoms with Crippen LogP contribution >= 0.6 is 0 Å². The number of hydrogen-bond acceptors (Lipinski definition) is 3. The second-order valence-electron chi connectivity index (χ2n) is 5.10. The van der Waals surface area contributed by atoms with Gasteiger partial charge in [-0.05, 0) is 17.7 Å². The van der Waals surface area contributed by atoms with Gasteiger partial charge in [-0.3, -0.25) is 0 Å². The van der Waals surface area contributed by atoms with Gasteiger partial charge in [-0.25, -0.2) is 22.3 Å². The fraction of sp³-hybridized carbons (Fsp3) is 0.0667. The monoisotopic (exact) mass is 374 g/mol. The Morgan fingerprint density at radius 1 is 1.08 bits per heavy atom. The fourth-order valence-corrected chi connectivity index (χ4v) is 3.15. The molecule has 0 fully saturated rings. The minimum absolute atomic E-state index is 0.138. The van der Waals surface area contributed by atoms with Crippen LogP contribution in [0.5, 0.6) is 5.75 Å². The molecule has 0 amide bonds. The van der Waals surface area contributed by atoms with Crippen molar-refractivity contribution in [1.29, 1.82) is 0 Å². The molecular weight excluding hydrogens is 364 g/mol. The van der Waals surface area contributed by atoms with E-state index in [0.717, 1.165) is 6.07 Å². The fourth-order valence-electron chi connectivity index (χ4n) is 2.44. The number of rotatable bonds is 4. The molecule has 3 aromatic rings. The van der Waals surface area contributed by atoms with Crippen LogP contribution in [0.1, 0.15) is 0 Å². The Labute approximate surface area is 139 Å². The van der Waals surface area contributed by atoms with Crippen molar-refractivity contribution in [2.24, 2.45) is 5.14 Å². The van der Waals surface area contributed by atoms with Crippen molar-refractivity contribution in [1.82, 2.24) is 4.98 Å². The predicted molar refractivity (Wildman–Crippen MR) is 81.7 cm³/mol. The summed E-state index contributed by atoms with van der Waals surface area (Å²) in [4.78, 5) is 2.54. The molecule has 0 saturated heterocycles. The third-order valence-corrected chi connectivity index (χ3v) is 4.45. The zero-order chi connectivity index (χ0) is 18.4. The summed E-state index contributed by atoms with van der Waals surface area (Å²) in [7, 11) is -3.95. The van der Waals surface area contributed by atoms with E-state index in [1.807, 2.05) is 0 Å². The van der Waals surface area contributed by atoms with Crippen molar-refractivity contribution in [3.63, 3.8) is 0 Å². The molecule has 5 nitrogen and oxygen atoms in total. The van der Waals surface area contributed by atoms with Crippen molar-refractivity contribution in [3.05, 3.63) is 48.2 Å². The smallest absolute Gasteiger partial charge is 0.387 e. The Bertz CT molecular complexity index is 1060. The van der Waals surface area contributed by atoms with Crippen LogP contribution in [0.2, 0.25) is 0 Å². The van der Waals surface area contributed by atoms with Crippen LogP contribution in [0.4, 0.5) is 17.6 Å². The molecule has 0 spiro atoms. The number of nitrogens with one attached hydrogen (secondary N) is 1. The standard InChI is InChI=1S/C15H10F4N2O3S/c16-10-5-13(24-15(18)19)11(17)4-9(10)7-1-2-8-12(3-7)21-6-14(8)25(20,22)23/h1-6,15,21H,(H2,20,22,23). The van der Waals surface area contributed by atoms with Gasteiger partial charge in [0.2, 0.25) is 10.0 Å². The van der Waals surface area contributed by atoms with E-state index >= 15 is 0 Å². The summed E-state index contributed by atoms with van der Waals surface area (Å²) in [6.07, 6.45) is 1.18. The van der Waals surface area contributed by atoms with Crippen LogP contribution in [-0.4, -0.2) is 20.0 Å². The largest absolute Gasteiger partial charge is 0.432 e. The van der Waals surface area contributed by atoms with Gasteiger partial charge in [-0.15, -0.1) is 0 Å². The second kappa shape index (κ2) is 6.05. The lowest BCUT2D eigenvalue weighted by Gasteiger charge is -2.09. The van der Waals surface area contributed by atoms with E-state index in [-0.39, 0.29) is 21.4 Å². The van der Waals surface area contributed by atoms with Crippen LogP contribution in [0.3, 0.4) is 0 Å². The Morgan fingerprint density at radius 2 is 1.80 bits per heavy atom. The molecule has 0 unspecified atom stereocenters. The number of primary sulfonamides is 1. The first-order valence-corrected chi connectivity index (χ1v) is 8.29. The number of fused-ring (bicyclic) bond motifs is 1. The second-order valence-corrected chi connectivity index (χ2v) is 6.63. The number of ether oxygens (including phenoxy) is 1. The zero-order valence-corrected chi connectivity index (χ0v) is 13.1. The van der Waals surface area contributed by atoms with Gasteiger partial charge in [0.05, 0.1) is 0 Å². The molecule has 0 bridgehead atoms. The highest BCUT2D eigenvalue weighted by molar-refractivity contribution is 7.89. The summed E-state index contributed by atoms with van der Waals surface area (Å²) < 4.78 is 79.1. The third-order valence-electron chi connectivity index (χ3n) is 3.50. The lowest BCUT2D eigenvalue weighted by Crippen LogP contribution is -2.11. The van der Waals surface area contributed by atoms with E-state index in [2.05, 4.69) is 9.72 Å². The summed E-state index contributed by atoms with van der Waals surface area (Å²) in [5.41, 5.74) is 0.331. The van der Waals surface area contributed by atoms with Crippen LogP contribution in [-0.2, 0) is 10.0 Å². The Balaban J connectivity index is 2.09. The molecule has 132 valence electrons. The molecule has 3 N–H and O–H groups in total. The number of hydrogen-bond donors (Lipinski definition) is 2. The summed E-state index contributed by atoms with van der Waals surface area (Å²) in [5.74, 6) is -3.04. The Kier molecular flexibility index (Phi) is 4.17. The summed E-state index contributed by atoms with van der Waals surface area (Å²) >= 11 is 0. The lowest BCUT2D eigenvalue weighted by atomic mass is 10.0. The number of alkyl halides is 2. The highest BCUT2D eigenvalue weighted by Gasteiger charge is 2.18. The highest BCUT2D eigenvalue weighted by Crippen LogP contribution is 2.32. The first-order valence-electron chi connectivity index (χ1n) is 6.75. The van der Waals surface area contributed by atoms with Crippen molar-refractivity contribution >= 4 is 20.9 Å². The van der Waals surface area contributed by atoms with Gasteiger partial charge in [0.15, 0.2) is 11.6 Å². The molecule has 3 rings (SSSR count). The van der Waals surface area contributed by atoms with E-state index < -0.39 is 34.0 Å². The van der Waals surface area contributed by atoms with Gasteiger partial charge in [0, 0.05) is 28.7 Å². The molecule has 0 aliphatic rings. The number of benzene rings is 2. The summed E-state index contributed by atoms with van der Waals surface area (Å²) in [6.45, 7) is -3.29. The van der Waals surface area contributed by atoms with Gasteiger partial charge in [-0.1, -0.05) is 12.1 Å². The normalized spacial score (nSPS) is 12.1. The Morgan fingerprint density at radius 3 is 2.44 bits per heavy atom. The van der Waals surface area contributed by atoms with Crippen molar-refractivity contribution in [2.75, 3.05) is 0 Å².